The van der Waals surface area contributed by atoms with Crippen molar-refractivity contribution < 1.29 is 14.0 Å². The molecule has 2 N–H and O–H groups in total. The Bertz CT molecular complexity index is 1010. The van der Waals surface area contributed by atoms with Crippen LogP contribution in [0.25, 0.3) is 0 Å². The molecule has 0 atom stereocenters. The van der Waals surface area contributed by atoms with Crippen molar-refractivity contribution in [2.24, 2.45) is 0 Å². The van der Waals surface area contributed by atoms with Gasteiger partial charge in [0.05, 0.1) is 11.3 Å². The van der Waals surface area contributed by atoms with Crippen LogP contribution in [0.1, 0.15) is 15.9 Å². The second-order valence-corrected chi connectivity index (χ2v) is 7.22. The van der Waals surface area contributed by atoms with E-state index in [1.165, 1.54) is 30.0 Å². The Labute approximate surface area is 167 Å². The fourth-order valence-corrected chi connectivity index (χ4v) is 3.33. The molecule has 0 bridgehead atoms. The summed E-state index contributed by atoms with van der Waals surface area (Å²) in [5.74, 6) is -0.967. The van der Waals surface area contributed by atoms with E-state index in [1.54, 1.807) is 24.3 Å². The van der Waals surface area contributed by atoms with Gasteiger partial charge in [-0.25, -0.2) is 4.39 Å². The van der Waals surface area contributed by atoms with E-state index < -0.39 is 11.7 Å². The number of carbonyl (C=O) groups excluding carboxylic acids is 2. The molecule has 28 heavy (non-hydrogen) atoms. The van der Waals surface area contributed by atoms with Gasteiger partial charge in [0.1, 0.15) is 5.82 Å². The summed E-state index contributed by atoms with van der Waals surface area (Å²) in [6.45, 7) is 1.96. The minimum Gasteiger partial charge on any atom is -0.325 e. The number of anilines is 2. The van der Waals surface area contributed by atoms with Gasteiger partial charge in [-0.05, 0) is 55.0 Å². The largest absolute Gasteiger partial charge is 0.325 e. The Morgan fingerprint density at radius 1 is 0.893 bits per heavy atom. The third-order valence-electron chi connectivity index (χ3n) is 3.88. The summed E-state index contributed by atoms with van der Waals surface area (Å²) in [7, 11) is 0. The van der Waals surface area contributed by atoms with E-state index in [1.807, 2.05) is 37.3 Å². The van der Waals surface area contributed by atoms with Gasteiger partial charge in [0.15, 0.2) is 0 Å². The summed E-state index contributed by atoms with van der Waals surface area (Å²) < 4.78 is 13.7. The molecular weight excluding hydrogens is 375 g/mol. The fraction of sp³-hybridized carbons (Fsp3) is 0.0909. The van der Waals surface area contributed by atoms with Crippen molar-refractivity contribution in [1.29, 1.82) is 0 Å². The SMILES string of the molecule is Cc1cccc(NC(=O)CSc2cccc(NC(=O)c3ccccc3F)c2)c1. The number of rotatable bonds is 6. The first-order valence-electron chi connectivity index (χ1n) is 8.66. The van der Waals surface area contributed by atoms with Gasteiger partial charge in [0.25, 0.3) is 5.91 Å². The highest BCUT2D eigenvalue weighted by atomic mass is 32.2. The van der Waals surface area contributed by atoms with Crippen LogP contribution in [0.15, 0.2) is 77.7 Å². The van der Waals surface area contributed by atoms with Crippen LogP contribution in [0.3, 0.4) is 0 Å². The monoisotopic (exact) mass is 394 g/mol. The van der Waals surface area contributed by atoms with Crippen molar-refractivity contribution in [3.8, 4) is 0 Å². The van der Waals surface area contributed by atoms with Gasteiger partial charge in [0, 0.05) is 16.3 Å². The van der Waals surface area contributed by atoms with Crippen LogP contribution in [-0.2, 0) is 4.79 Å². The molecule has 3 aromatic carbocycles. The zero-order valence-electron chi connectivity index (χ0n) is 15.2. The van der Waals surface area contributed by atoms with Crippen molar-refractivity contribution in [1.82, 2.24) is 0 Å². The van der Waals surface area contributed by atoms with E-state index >= 15 is 0 Å². The molecule has 0 unspecified atom stereocenters. The van der Waals surface area contributed by atoms with Gasteiger partial charge in [0.2, 0.25) is 5.91 Å². The summed E-state index contributed by atoms with van der Waals surface area (Å²) in [5, 5.41) is 5.54. The van der Waals surface area contributed by atoms with Crippen LogP contribution in [-0.4, -0.2) is 17.6 Å². The fourth-order valence-electron chi connectivity index (χ4n) is 2.58. The normalized spacial score (nSPS) is 10.4. The highest BCUT2D eigenvalue weighted by molar-refractivity contribution is 8.00. The quantitative estimate of drug-likeness (QED) is 0.571. The lowest BCUT2D eigenvalue weighted by Gasteiger charge is -2.09. The maximum absolute atomic E-state index is 13.7. The first-order valence-corrected chi connectivity index (χ1v) is 9.65. The molecule has 3 aromatic rings. The van der Waals surface area contributed by atoms with Crippen molar-refractivity contribution in [3.05, 3.63) is 89.7 Å². The average Bonchev–Trinajstić information content (AvgIpc) is 2.67. The highest BCUT2D eigenvalue weighted by Gasteiger charge is 2.11. The second-order valence-electron chi connectivity index (χ2n) is 6.17. The van der Waals surface area contributed by atoms with Crippen molar-refractivity contribution in [2.45, 2.75) is 11.8 Å². The minimum absolute atomic E-state index is 0.0157. The first kappa shape index (κ1) is 19.6. The molecule has 3 rings (SSSR count). The van der Waals surface area contributed by atoms with E-state index in [0.29, 0.717) is 5.69 Å². The minimum atomic E-state index is -0.571. The molecule has 4 nitrogen and oxygen atoms in total. The van der Waals surface area contributed by atoms with Crippen molar-refractivity contribution in [3.63, 3.8) is 0 Å². The first-order chi connectivity index (χ1) is 13.5. The zero-order chi connectivity index (χ0) is 19.9. The molecule has 142 valence electrons. The molecular formula is C22H19FN2O2S. The molecule has 0 spiro atoms. The van der Waals surface area contributed by atoms with E-state index in [9.17, 15) is 14.0 Å². The number of thioether (sulfide) groups is 1. The van der Waals surface area contributed by atoms with E-state index in [2.05, 4.69) is 10.6 Å². The van der Waals surface area contributed by atoms with Gasteiger partial charge in [-0.1, -0.05) is 30.3 Å². The number of hydrogen-bond acceptors (Lipinski definition) is 3. The third-order valence-corrected chi connectivity index (χ3v) is 4.88. The number of benzene rings is 3. The number of nitrogens with one attached hydrogen (secondary N) is 2. The summed E-state index contributed by atoms with van der Waals surface area (Å²) in [6, 6.07) is 20.5. The Morgan fingerprint density at radius 3 is 2.36 bits per heavy atom. The van der Waals surface area contributed by atoms with Gasteiger partial charge in [-0.2, -0.15) is 0 Å². The van der Waals surface area contributed by atoms with Crippen LogP contribution >= 0.6 is 11.8 Å². The Balaban J connectivity index is 1.58. The Morgan fingerprint density at radius 2 is 1.61 bits per heavy atom. The van der Waals surface area contributed by atoms with E-state index in [4.69, 9.17) is 0 Å². The Hall–Kier alpha value is -3.12. The molecule has 0 aliphatic rings. The standard InChI is InChI=1S/C22H19FN2O2S/c1-15-6-4-7-16(12-15)24-21(26)14-28-18-9-5-8-17(13-18)25-22(27)19-10-2-3-11-20(19)23/h2-13H,14H2,1H3,(H,24,26)(H,25,27). The maximum Gasteiger partial charge on any atom is 0.258 e. The molecule has 0 radical (unpaired) electrons. The average molecular weight is 394 g/mol. The molecule has 0 saturated carbocycles. The predicted molar refractivity (Wildman–Crippen MR) is 111 cm³/mol. The zero-order valence-corrected chi connectivity index (χ0v) is 16.1. The number of amides is 2. The topological polar surface area (TPSA) is 58.2 Å². The lowest BCUT2D eigenvalue weighted by atomic mass is 10.2. The molecule has 0 heterocycles. The second kappa shape index (κ2) is 9.19. The van der Waals surface area contributed by atoms with E-state index in [0.717, 1.165) is 16.1 Å². The molecule has 0 fully saturated rings. The lowest BCUT2D eigenvalue weighted by Crippen LogP contribution is -2.14. The number of halogens is 1. The van der Waals surface area contributed by atoms with Crippen LogP contribution in [0.2, 0.25) is 0 Å². The lowest BCUT2D eigenvalue weighted by molar-refractivity contribution is -0.113. The molecule has 0 aromatic heterocycles. The highest BCUT2D eigenvalue weighted by Crippen LogP contribution is 2.23. The van der Waals surface area contributed by atoms with Crippen molar-refractivity contribution in [2.75, 3.05) is 16.4 Å². The molecule has 0 aliphatic heterocycles. The molecule has 2 amide bonds. The summed E-state index contributed by atoms with van der Waals surface area (Å²) in [5.41, 5.74) is 2.36. The third kappa shape index (κ3) is 5.44. The van der Waals surface area contributed by atoms with Gasteiger partial charge >= 0.3 is 0 Å². The molecule has 0 saturated heterocycles. The van der Waals surface area contributed by atoms with Crippen LogP contribution in [0, 0.1) is 12.7 Å². The van der Waals surface area contributed by atoms with Gasteiger partial charge in [-0.15, -0.1) is 11.8 Å². The van der Waals surface area contributed by atoms with Gasteiger partial charge in [-0.3, -0.25) is 9.59 Å². The number of carbonyl (C=O) groups is 2. The van der Waals surface area contributed by atoms with Crippen molar-refractivity contribution >= 4 is 35.0 Å². The summed E-state index contributed by atoms with van der Waals surface area (Å²) in [6.07, 6.45) is 0. The van der Waals surface area contributed by atoms with Crippen LogP contribution < -0.4 is 10.6 Å². The summed E-state index contributed by atoms with van der Waals surface area (Å²) in [4.78, 5) is 25.2. The Kier molecular flexibility index (Phi) is 6.45. The van der Waals surface area contributed by atoms with Crippen LogP contribution in [0.5, 0.6) is 0 Å². The van der Waals surface area contributed by atoms with E-state index in [-0.39, 0.29) is 17.2 Å². The smallest absolute Gasteiger partial charge is 0.258 e. The summed E-state index contributed by atoms with van der Waals surface area (Å²) >= 11 is 1.35. The molecule has 0 aliphatic carbocycles. The molecule has 6 heteroatoms. The maximum atomic E-state index is 13.7. The number of hydrogen-bond donors (Lipinski definition) is 2. The number of aryl methyl sites for hydroxylation is 1. The van der Waals surface area contributed by atoms with Gasteiger partial charge < -0.3 is 10.6 Å². The van der Waals surface area contributed by atoms with Crippen LogP contribution in [0.4, 0.5) is 15.8 Å². The predicted octanol–water partition coefficient (Wildman–Crippen LogP) is 5.12.